The number of ether oxygens (including phenoxy) is 2. The van der Waals surface area contributed by atoms with E-state index in [0.717, 1.165) is 29.7 Å². The summed E-state index contributed by atoms with van der Waals surface area (Å²) < 4.78 is 11.2. The van der Waals surface area contributed by atoms with Crippen LogP contribution < -0.4 is 0 Å². The van der Waals surface area contributed by atoms with Gasteiger partial charge in [-0.15, -0.1) is 11.3 Å². The largest absolute Gasteiger partial charge is 0.376 e. The van der Waals surface area contributed by atoms with Gasteiger partial charge in [0.1, 0.15) is 16.6 Å². The summed E-state index contributed by atoms with van der Waals surface area (Å²) in [6.07, 6.45) is 2.42. The van der Waals surface area contributed by atoms with Crippen molar-refractivity contribution >= 4 is 33.2 Å². The topological polar surface area (TPSA) is 44.2 Å². The minimum absolute atomic E-state index is 0.223. The molecule has 6 heteroatoms. The third-order valence-corrected chi connectivity index (χ3v) is 4.96. The molecule has 1 fully saturated rings. The lowest BCUT2D eigenvalue weighted by molar-refractivity contribution is 0.00872. The molecule has 0 N–H and O–H groups in total. The first-order valence-electron chi connectivity index (χ1n) is 6.76. The Morgan fingerprint density at radius 2 is 2.25 bits per heavy atom. The molecule has 4 nitrogen and oxygen atoms in total. The molecule has 1 unspecified atom stereocenters. The second-order valence-electron chi connectivity index (χ2n) is 5.04. The summed E-state index contributed by atoms with van der Waals surface area (Å²) in [5.74, 6) is 0.641. The number of hydrogen-bond donors (Lipinski definition) is 0. The maximum absolute atomic E-state index is 6.26. The van der Waals surface area contributed by atoms with E-state index in [1.54, 1.807) is 11.3 Å². The fourth-order valence-corrected chi connectivity index (χ4v) is 3.80. The van der Waals surface area contributed by atoms with E-state index < -0.39 is 0 Å². The third kappa shape index (κ3) is 2.81. The Morgan fingerprint density at radius 3 is 3.00 bits per heavy atom. The number of nitrogens with zero attached hydrogens (tertiary/aromatic N) is 2. The molecule has 20 heavy (non-hydrogen) atoms. The molecule has 0 aliphatic carbocycles. The maximum atomic E-state index is 6.26. The van der Waals surface area contributed by atoms with Gasteiger partial charge in [-0.25, -0.2) is 9.97 Å². The number of halogens is 1. The van der Waals surface area contributed by atoms with Crippen LogP contribution in [0.15, 0.2) is 0 Å². The van der Waals surface area contributed by atoms with E-state index in [1.165, 1.54) is 10.4 Å². The summed E-state index contributed by atoms with van der Waals surface area (Å²) >= 11 is 7.91. The van der Waals surface area contributed by atoms with Crippen LogP contribution in [0.2, 0.25) is 5.15 Å². The van der Waals surface area contributed by atoms with Crippen LogP contribution in [0.3, 0.4) is 0 Å². The predicted molar refractivity (Wildman–Crippen MR) is 80.5 cm³/mol. The second kappa shape index (κ2) is 5.93. The molecule has 1 saturated heterocycles. The Bertz CT molecular complexity index is 623. The van der Waals surface area contributed by atoms with Crippen molar-refractivity contribution in [3.63, 3.8) is 0 Å². The summed E-state index contributed by atoms with van der Waals surface area (Å²) in [4.78, 5) is 11.0. The molecule has 1 aliphatic heterocycles. The Morgan fingerprint density at radius 1 is 1.40 bits per heavy atom. The summed E-state index contributed by atoms with van der Waals surface area (Å²) in [5.41, 5.74) is 1.17. The van der Waals surface area contributed by atoms with Crippen LogP contribution in [0.5, 0.6) is 0 Å². The summed E-state index contributed by atoms with van der Waals surface area (Å²) in [5, 5.41) is 1.49. The molecule has 0 spiro atoms. The third-order valence-electron chi connectivity index (χ3n) is 3.59. The van der Waals surface area contributed by atoms with Gasteiger partial charge < -0.3 is 9.47 Å². The first-order valence-corrected chi connectivity index (χ1v) is 7.96. The molecule has 108 valence electrons. The van der Waals surface area contributed by atoms with E-state index in [4.69, 9.17) is 21.1 Å². The Kier molecular flexibility index (Phi) is 4.21. The molecule has 0 bridgehead atoms. The summed E-state index contributed by atoms with van der Waals surface area (Å²) in [7, 11) is 0. The van der Waals surface area contributed by atoms with E-state index in [0.29, 0.717) is 24.2 Å². The molecule has 0 amide bonds. The number of aryl methyl sites for hydroxylation is 2. The molecule has 2 aromatic rings. The zero-order valence-corrected chi connectivity index (χ0v) is 13.2. The van der Waals surface area contributed by atoms with Gasteiger partial charge in [0, 0.05) is 11.5 Å². The number of fused-ring (bicyclic) bond motifs is 1. The van der Waals surface area contributed by atoms with E-state index in [1.807, 2.05) is 0 Å². The van der Waals surface area contributed by atoms with Crippen molar-refractivity contribution in [2.45, 2.75) is 39.4 Å². The van der Waals surface area contributed by atoms with E-state index >= 15 is 0 Å². The van der Waals surface area contributed by atoms with Gasteiger partial charge in [0.25, 0.3) is 0 Å². The highest BCUT2D eigenvalue weighted by Crippen LogP contribution is 2.32. The van der Waals surface area contributed by atoms with Gasteiger partial charge >= 0.3 is 0 Å². The van der Waals surface area contributed by atoms with Crippen molar-refractivity contribution in [2.24, 2.45) is 0 Å². The average molecular weight is 313 g/mol. The lowest BCUT2D eigenvalue weighted by Gasteiger charge is -2.09. The number of thiophene rings is 1. The Labute approximate surface area is 127 Å². The molecule has 2 aromatic heterocycles. The Balaban J connectivity index is 1.72. The van der Waals surface area contributed by atoms with Gasteiger partial charge in [-0.3, -0.25) is 0 Å². The fraction of sp³-hybridized carbons (Fsp3) is 0.571. The highest BCUT2D eigenvalue weighted by atomic mass is 35.5. The zero-order chi connectivity index (χ0) is 14.1. The van der Waals surface area contributed by atoms with Crippen LogP contribution in [0.1, 0.15) is 29.1 Å². The van der Waals surface area contributed by atoms with Gasteiger partial charge in [0.2, 0.25) is 0 Å². The molecule has 0 radical (unpaired) electrons. The molecular formula is C14H17ClN2O2S. The normalized spacial score (nSPS) is 19.1. The highest BCUT2D eigenvalue weighted by Gasteiger charge is 2.16. The van der Waals surface area contributed by atoms with Crippen molar-refractivity contribution in [2.75, 3.05) is 13.2 Å². The van der Waals surface area contributed by atoms with Gasteiger partial charge in [-0.05, 0) is 32.3 Å². The van der Waals surface area contributed by atoms with Crippen LogP contribution >= 0.6 is 22.9 Å². The molecule has 0 saturated carbocycles. The zero-order valence-electron chi connectivity index (χ0n) is 11.6. The molecule has 1 atom stereocenters. The molecule has 1 aliphatic rings. The lowest BCUT2D eigenvalue weighted by Crippen LogP contribution is -2.14. The van der Waals surface area contributed by atoms with Crippen LogP contribution in [0.4, 0.5) is 0 Å². The first kappa shape index (κ1) is 14.2. The quantitative estimate of drug-likeness (QED) is 0.808. The van der Waals surface area contributed by atoms with Crippen molar-refractivity contribution in [3.8, 4) is 0 Å². The SMILES string of the molecule is Cc1sc2nc(COCC3CCCO3)nc(Cl)c2c1C. The minimum Gasteiger partial charge on any atom is -0.376 e. The predicted octanol–water partition coefficient (Wildman–Crippen LogP) is 3.66. The van der Waals surface area contributed by atoms with Crippen molar-refractivity contribution < 1.29 is 9.47 Å². The number of hydrogen-bond acceptors (Lipinski definition) is 5. The first-order chi connectivity index (χ1) is 9.65. The van der Waals surface area contributed by atoms with E-state index in [2.05, 4.69) is 23.8 Å². The summed E-state index contributed by atoms with van der Waals surface area (Å²) in [6.45, 7) is 5.95. The molecule has 3 heterocycles. The van der Waals surface area contributed by atoms with Crippen LogP contribution in [-0.2, 0) is 16.1 Å². The summed E-state index contributed by atoms with van der Waals surface area (Å²) in [6, 6.07) is 0. The van der Waals surface area contributed by atoms with Gasteiger partial charge in [-0.2, -0.15) is 0 Å². The Hall–Kier alpha value is -0.750. The maximum Gasteiger partial charge on any atom is 0.157 e. The highest BCUT2D eigenvalue weighted by molar-refractivity contribution is 7.18. The molecule has 3 rings (SSSR count). The number of rotatable bonds is 4. The van der Waals surface area contributed by atoms with E-state index in [9.17, 15) is 0 Å². The average Bonchev–Trinajstić information content (AvgIpc) is 2.99. The van der Waals surface area contributed by atoms with Crippen LogP contribution in [-0.4, -0.2) is 29.3 Å². The van der Waals surface area contributed by atoms with Gasteiger partial charge in [0.05, 0.1) is 18.1 Å². The smallest absolute Gasteiger partial charge is 0.157 e. The standard InChI is InChI=1S/C14H17ClN2O2S/c1-8-9(2)20-14-12(8)13(15)16-11(17-14)7-18-6-10-4-3-5-19-10/h10H,3-7H2,1-2H3. The van der Waals surface area contributed by atoms with Gasteiger partial charge in [-0.1, -0.05) is 11.6 Å². The van der Waals surface area contributed by atoms with Crippen LogP contribution in [0.25, 0.3) is 10.2 Å². The second-order valence-corrected chi connectivity index (χ2v) is 6.61. The number of aromatic nitrogens is 2. The molecule has 0 aromatic carbocycles. The van der Waals surface area contributed by atoms with Crippen molar-refractivity contribution in [1.82, 2.24) is 9.97 Å². The van der Waals surface area contributed by atoms with Crippen LogP contribution in [0, 0.1) is 13.8 Å². The van der Waals surface area contributed by atoms with Crippen molar-refractivity contribution in [1.29, 1.82) is 0 Å². The lowest BCUT2D eigenvalue weighted by atomic mass is 10.2. The fourth-order valence-electron chi connectivity index (χ4n) is 2.36. The molecular weight excluding hydrogens is 296 g/mol. The minimum atomic E-state index is 0.223. The monoisotopic (exact) mass is 312 g/mol. The van der Waals surface area contributed by atoms with Crippen molar-refractivity contribution in [3.05, 3.63) is 21.4 Å². The van der Waals surface area contributed by atoms with Gasteiger partial charge in [0.15, 0.2) is 5.82 Å². The van der Waals surface area contributed by atoms with E-state index in [-0.39, 0.29) is 6.10 Å².